The molecule has 1 amide bonds. The van der Waals surface area contributed by atoms with Gasteiger partial charge in [0.05, 0.1) is 19.1 Å². The van der Waals surface area contributed by atoms with Gasteiger partial charge in [-0.15, -0.1) is 18.0 Å². The van der Waals surface area contributed by atoms with Gasteiger partial charge >= 0.3 is 0 Å². The number of nitrogens with zero attached hydrogens (tertiary/aromatic N) is 4. The molecule has 0 spiro atoms. The number of carbonyl (C=O) groups is 1. The quantitative estimate of drug-likeness (QED) is 0.550. The minimum Gasteiger partial charge on any atom is -0.325 e. The van der Waals surface area contributed by atoms with Crippen LogP contribution in [-0.2, 0) is 11.3 Å². The minimum absolute atomic E-state index is 0.101. The second kappa shape index (κ2) is 6.98. The predicted molar refractivity (Wildman–Crippen MR) is 93.2 cm³/mol. The van der Waals surface area contributed by atoms with E-state index in [1.165, 1.54) is 0 Å². The Bertz CT molecular complexity index is 930. The molecule has 0 bridgehead atoms. The highest BCUT2D eigenvalue weighted by molar-refractivity contribution is 6.29. The number of alkyl halides is 1. The van der Waals surface area contributed by atoms with E-state index in [0.717, 1.165) is 5.69 Å². The van der Waals surface area contributed by atoms with Gasteiger partial charge in [0.15, 0.2) is 5.65 Å². The van der Waals surface area contributed by atoms with Crippen molar-refractivity contribution in [3.8, 4) is 12.3 Å². The number of carbonyl (C=O) groups excluding carboxylic acids is 1. The molecule has 7 nitrogen and oxygen atoms in total. The maximum Gasteiger partial charge on any atom is 0.239 e. The maximum atomic E-state index is 11.4. The molecule has 3 aromatic rings. The van der Waals surface area contributed by atoms with Gasteiger partial charge in [-0.2, -0.15) is 4.98 Å². The van der Waals surface area contributed by atoms with Crippen molar-refractivity contribution in [2.75, 3.05) is 16.5 Å². The highest BCUT2D eigenvalue weighted by Crippen LogP contribution is 2.19. The Kier molecular flexibility index (Phi) is 4.59. The first kappa shape index (κ1) is 15.8. The Morgan fingerprint density at radius 1 is 1.33 bits per heavy atom. The fraction of sp³-hybridized carbons (Fsp3) is 0.125. The first-order valence-electron chi connectivity index (χ1n) is 7.04. The lowest BCUT2D eigenvalue weighted by Crippen LogP contribution is -2.12. The van der Waals surface area contributed by atoms with Crippen LogP contribution >= 0.6 is 11.6 Å². The van der Waals surface area contributed by atoms with Gasteiger partial charge in [-0.05, 0) is 18.2 Å². The van der Waals surface area contributed by atoms with Crippen LogP contribution in [0.1, 0.15) is 0 Å². The molecular formula is C16H13ClN6O. The third-order valence-corrected chi connectivity index (χ3v) is 3.39. The van der Waals surface area contributed by atoms with Crippen LogP contribution in [0.25, 0.3) is 11.2 Å². The molecule has 24 heavy (non-hydrogen) atoms. The highest BCUT2D eigenvalue weighted by Gasteiger charge is 2.07. The number of aromatic nitrogens is 4. The van der Waals surface area contributed by atoms with E-state index in [9.17, 15) is 4.79 Å². The van der Waals surface area contributed by atoms with Crippen molar-refractivity contribution >= 4 is 46.0 Å². The summed E-state index contributed by atoms with van der Waals surface area (Å²) in [5.74, 6) is 2.58. The van der Waals surface area contributed by atoms with Crippen LogP contribution in [0, 0.1) is 12.3 Å². The Labute approximate surface area is 143 Å². The molecule has 0 aliphatic carbocycles. The van der Waals surface area contributed by atoms with Crippen LogP contribution in [0.5, 0.6) is 0 Å². The number of hydrogen-bond donors (Lipinski definition) is 2. The Morgan fingerprint density at radius 2 is 2.17 bits per heavy atom. The molecule has 2 aromatic heterocycles. The van der Waals surface area contributed by atoms with Crippen molar-refractivity contribution in [1.29, 1.82) is 0 Å². The van der Waals surface area contributed by atoms with E-state index in [2.05, 4.69) is 31.5 Å². The average molecular weight is 341 g/mol. The summed E-state index contributed by atoms with van der Waals surface area (Å²) >= 11 is 5.49. The summed E-state index contributed by atoms with van der Waals surface area (Å²) in [5, 5.41) is 5.77. The normalized spacial score (nSPS) is 10.3. The van der Waals surface area contributed by atoms with Crippen molar-refractivity contribution in [3.05, 3.63) is 36.8 Å². The summed E-state index contributed by atoms with van der Waals surface area (Å²) in [5.41, 5.74) is 2.67. The zero-order chi connectivity index (χ0) is 16.9. The summed E-state index contributed by atoms with van der Waals surface area (Å²) in [4.78, 5) is 24.2. The number of terminal acetylenes is 1. The number of halogens is 1. The van der Waals surface area contributed by atoms with Gasteiger partial charge in [0.1, 0.15) is 11.4 Å². The number of fused-ring (bicyclic) bond motifs is 1. The number of hydrogen-bond acceptors (Lipinski definition) is 5. The average Bonchev–Trinajstić information content (AvgIpc) is 2.98. The third kappa shape index (κ3) is 3.45. The van der Waals surface area contributed by atoms with Gasteiger partial charge in [0, 0.05) is 11.4 Å². The standard InChI is InChI=1S/C16H13ClN6O/c1-2-6-23-10-19-13-9-18-16(22-15(13)23)21-12-5-3-4-11(7-12)20-14(24)8-17/h1,3-5,7,9-10H,6,8H2,(H,20,24)(H,18,21,22). The molecule has 0 atom stereocenters. The van der Waals surface area contributed by atoms with Crippen LogP contribution in [0.2, 0.25) is 0 Å². The molecule has 0 radical (unpaired) electrons. The predicted octanol–water partition coefficient (Wildman–Crippen LogP) is 2.38. The topological polar surface area (TPSA) is 84.7 Å². The number of amides is 1. The van der Waals surface area contributed by atoms with Crippen molar-refractivity contribution in [2.45, 2.75) is 6.54 Å². The highest BCUT2D eigenvalue weighted by atomic mass is 35.5. The smallest absolute Gasteiger partial charge is 0.239 e. The second-order valence-corrected chi connectivity index (χ2v) is 5.13. The Morgan fingerprint density at radius 3 is 2.96 bits per heavy atom. The monoisotopic (exact) mass is 340 g/mol. The van der Waals surface area contributed by atoms with E-state index in [1.807, 2.05) is 6.07 Å². The number of nitrogens with one attached hydrogen (secondary N) is 2. The summed E-state index contributed by atoms with van der Waals surface area (Å²) in [6.07, 6.45) is 8.59. The lowest BCUT2D eigenvalue weighted by molar-refractivity contribution is -0.113. The van der Waals surface area contributed by atoms with E-state index < -0.39 is 0 Å². The van der Waals surface area contributed by atoms with E-state index in [4.69, 9.17) is 18.0 Å². The molecule has 2 N–H and O–H groups in total. The SMILES string of the molecule is C#CCn1cnc2cnc(Nc3cccc(NC(=O)CCl)c3)nc21. The molecular weight excluding hydrogens is 328 g/mol. The Balaban J connectivity index is 1.84. The molecule has 120 valence electrons. The summed E-state index contributed by atoms with van der Waals surface area (Å²) in [6, 6.07) is 7.16. The van der Waals surface area contributed by atoms with Gasteiger partial charge < -0.3 is 15.2 Å². The zero-order valence-electron chi connectivity index (χ0n) is 12.5. The first-order chi connectivity index (χ1) is 11.7. The van der Waals surface area contributed by atoms with E-state index >= 15 is 0 Å². The maximum absolute atomic E-state index is 11.4. The van der Waals surface area contributed by atoms with Crippen LogP contribution in [-0.4, -0.2) is 31.3 Å². The fourth-order valence-electron chi connectivity index (χ4n) is 2.13. The third-order valence-electron chi connectivity index (χ3n) is 3.14. The number of rotatable bonds is 5. The van der Waals surface area contributed by atoms with Crippen molar-refractivity contribution in [3.63, 3.8) is 0 Å². The van der Waals surface area contributed by atoms with E-state index in [0.29, 0.717) is 29.3 Å². The molecule has 0 aliphatic heterocycles. The molecule has 2 heterocycles. The van der Waals surface area contributed by atoms with Crippen LogP contribution < -0.4 is 10.6 Å². The van der Waals surface area contributed by atoms with Gasteiger partial charge in [0.25, 0.3) is 0 Å². The molecule has 0 saturated heterocycles. The summed E-state index contributed by atoms with van der Waals surface area (Å²) in [6.45, 7) is 0.382. The molecule has 0 fully saturated rings. The van der Waals surface area contributed by atoms with E-state index in [-0.39, 0.29) is 11.8 Å². The van der Waals surface area contributed by atoms with Crippen molar-refractivity contribution in [2.24, 2.45) is 0 Å². The second-order valence-electron chi connectivity index (χ2n) is 4.87. The van der Waals surface area contributed by atoms with Gasteiger partial charge in [-0.25, -0.2) is 9.97 Å². The molecule has 3 rings (SSSR count). The van der Waals surface area contributed by atoms with E-state index in [1.54, 1.807) is 35.3 Å². The molecule has 0 unspecified atom stereocenters. The number of imidazole rings is 1. The largest absolute Gasteiger partial charge is 0.325 e. The van der Waals surface area contributed by atoms with Crippen LogP contribution in [0.15, 0.2) is 36.8 Å². The van der Waals surface area contributed by atoms with Gasteiger partial charge in [-0.1, -0.05) is 12.0 Å². The van der Waals surface area contributed by atoms with Gasteiger partial charge in [0.2, 0.25) is 11.9 Å². The summed E-state index contributed by atoms with van der Waals surface area (Å²) < 4.78 is 1.76. The van der Waals surface area contributed by atoms with Crippen molar-refractivity contribution < 1.29 is 4.79 Å². The molecule has 1 aromatic carbocycles. The van der Waals surface area contributed by atoms with Gasteiger partial charge in [-0.3, -0.25) is 4.79 Å². The number of benzene rings is 1. The minimum atomic E-state index is -0.273. The molecule has 0 aliphatic rings. The lowest BCUT2D eigenvalue weighted by atomic mass is 10.2. The van der Waals surface area contributed by atoms with Crippen LogP contribution in [0.4, 0.5) is 17.3 Å². The first-order valence-corrected chi connectivity index (χ1v) is 7.57. The number of anilines is 3. The summed E-state index contributed by atoms with van der Waals surface area (Å²) in [7, 11) is 0. The van der Waals surface area contributed by atoms with Crippen molar-refractivity contribution in [1.82, 2.24) is 19.5 Å². The zero-order valence-corrected chi connectivity index (χ0v) is 13.3. The Hall–Kier alpha value is -3.11. The molecule has 8 heteroatoms. The van der Waals surface area contributed by atoms with Crippen LogP contribution in [0.3, 0.4) is 0 Å². The lowest BCUT2D eigenvalue weighted by Gasteiger charge is -2.08. The fourth-order valence-corrected chi connectivity index (χ4v) is 2.19. The molecule has 0 saturated carbocycles.